The summed E-state index contributed by atoms with van der Waals surface area (Å²) in [7, 11) is 3.27. The van der Waals surface area contributed by atoms with Crippen molar-refractivity contribution >= 4 is 0 Å². The number of nitrogens with one attached hydrogen (secondary N) is 1. The first kappa shape index (κ1) is 15.8. The molecular formula is C15H25NO3. The number of ether oxygens (including phenoxy) is 2. The number of rotatable bonds is 8. The zero-order valence-electron chi connectivity index (χ0n) is 12.3. The number of hydrogen-bond donors (Lipinski definition) is 2. The Morgan fingerprint density at radius 3 is 2.42 bits per heavy atom. The molecule has 0 heterocycles. The van der Waals surface area contributed by atoms with E-state index < -0.39 is 0 Å². The maximum Gasteiger partial charge on any atom is 0.161 e. The van der Waals surface area contributed by atoms with Gasteiger partial charge in [-0.3, -0.25) is 0 Å². The maximum atomic E-state index is 9.10. The Morgan fingerprint density at radius 1 is 1.21 bits per heavy atom. The number of hydrogen-bond acceptors (Lipinski definition) is 4. The number of methoxy groups -OCH3 is 2. The van der Waals surface area contributed by atoms with Crippen LogP contribution in [0, 0.1) is 0 Å². The summed E-state index contributed by atoms with van der Waals surface area (Å²) >= 11 is 0. The van der Waals surface area contributed by atoms with Gasteiger partial charge in [0, 0.05) is 18.7 Å². The van der Waals surface area contributed by atoms with Crippen LogP contribution in [0.1, 0.15) is 32.3 Å². The Labute approximate surface area is 115 Å². The highest BCUT2D eigenvalue weighted by atomic mass is 16.5. The Morgan fingerprint density at radius 2 is 1.89 bits per heavy atom. The molecule has 108 valence electrons. The lowest BCUT2D eigenvalue weighted by atomic mass is 9.94. The average molecular weight is 267 g/mol. The number of benzene rings is 1. The molecule has 1 aromatic carbocycles. The normalized spacial score (nSPS) is 13.9. The van der Waals surface area contributed by atoms with Gasteiger partial charge in [0.2, 0.25) is 0 Å². The van der Waals surface area contributed by atoms with Gasteiger partial charge in [0.1, 0.15) is 0 Å². The molecular weight excluding hydrogens is 242 g/mol. The van der Waals surface area contributed by atoms with Crippen molar-refractivity contribution in [1.29, 1.82) is 0 Å². The number of aliphatic hydroxyl groups excluding tert-OH is 1. The van der Waals surface area contributed by atoms with Gasteiger partial charge in [-0.25, -0.2) is 0 Å². The predicted molar refractivity (Wildman–Crippen MR) is 76.8 cm³/mol. The van der Waals surface area contributed by atoms with Crippen molar-refractivity contribution in [2.45, 2.75) is 38.8 Å². The molecule has 0 amide bonds. The topological polar surface area (TPSA) is 50.7 Å². The molecule has 0 spiro atoms. The second-order valence-electron chi connectivity index (χ2n) is 4.93. The van der Waals surface area contributed by atoms with Crippen LogP contribution in [0.2, 0.25) is 0 Å². The SMILES string of the molecule is CCC(C)(CCO)NCc1ccc(OC)c(OC)c1. The van der Waals surface area contributed by atoms with Crippen molar-refractivity contribution < 1.29 is 14.6 Å². The Bertz CT molecular complexity index is 395. The molecule has 1 unspecified atom stereocenters. The van der Waals surface area contributed by atoms with E-state index in [9.17, 15) is 0 Å². The number of aliphatic hydroxyl groups is 1. The van der Waals surface area contributed by atoms with Crippen molar-refractivity contribution in [2.24, 2.45) is 0 Å². The van der Waals surface area contributed by atoms with Crippen molar-refractivity contribution in [1.82, 2.24) is 5.32 Å². The van der Waals surface area contributed by atoms with Crippen molar-refractivity contribution in [3.63, 3.8) is 0 Å². The molecule has 1 atom stereocenters. The summed E-state index contributed by atoms with van der Waals surface area (Å²) in [4.78, 5) is 0. The highest BCUT2D eigenvalue weighted by Gasteiger charge is 2.20. The van der Waals surface area contributed by atoms with Crippen LogP contribution < -0.4 is 14.8 Å². The predicted octanol–water partition coefficient (Wildman–Crippen LogP) is 2.34. The van der Waals surface area contributed by atoms with Gasteiger partial charge < -0.3 is 19.9 Å². The van der Waals surface area contributed by atoms with Gasteiger partial charge in [0.25, 0.3) is 0 Å². The van der Waals surface area contributed by atoms with Crippen LogP contribution in [0.15, 0.2) is 18.2 Å². The largest absolute Gasteiger partial charge is 0.493 e. The minimum atomic E-state index is -0.0398. The van der Waals surface area contributed by atoms with E-state index in [0.717, 1.165) is 36.4 Å². The summed E-state index contributed by atoms with van der Waals surface area (Å²) in [6.45, 7) is 5.19. The van der Waals surface area contributed by atoms with Gasteiger partial charge in [-0.15, -0.1) is 0 Å². The lowest BCUT2D eigenvalue weighted by Gasteiger charge is -2.29. The smallest absolute Gasteiger partial charge is 0.161 e. The molecule has 19 heavy (non-hydrogen) atoms. The Kier molecular flexibility index (Phi) is 6.12. The average Bonchev–Trinajstić information content (AvgIpc) is 2.45. The fraction of sp³-hybridized carbons (Fsp3) is 0.600. The summed E-state index contributed by atoms with van der Waals surface area (Å²) < 4.78 is 10.5. The van der Waals surface area contributed by atoms with Crippen LogP contribution in [-0.4, -0.2) is 31.5 Å². The van der Waals surface area contributed by atoms with Gasteiger partial charge >= 0.3 is 0 Å². The first-order valence-electron chi connectivity index (χ1n) is 6.65. The third-order valence-electron chi connectivity index (χ3n) is 3.61. The monoisotopic (exact) mass is 267 g/mol. The van der Waals surface area contributed by atoms with Crippen molar-refractivity contribution in [3.8, 4) is 11.5 Å². The zero-order valence-corrected chi connectivity index (χ0v) is 12.3. The molecule has 0 saturated carbocycles. The Balaban J connectivity index is 2.72. The molecule has 0 fully saturated rings. The van der Waals surface area contributed by atoms with E-state index in [1.54, 1.807) is 14.2 Å². The molecule has 0 aromatic heterocycles. The van der Waals surface area contributed by atoms with Crippen LogP contribution >= 0.6 is 0 Å². The quantitative estimate of drug-likeness (QED) is 0.759. The van der Waals surface area contributed by atoms with E-state index in [0.29, 0.717) is 0 Å². The van der Waals surface area contributed by atoms with Gasteiger partial charge in [0.15, 0.2) is 11.5 Å². The summed E-state index contributed by atoms with van der Waals surface area (Å²) in [5.41, 5.74) is 1.09. The highest BCUT2D eigenvalue weighted by molar-refractivity contribution is 5.42. The minimum absolute atomic E-state index is 0.0398. The second kappa shape index (κ2) is 7.36. The summed E-state index contributed by atoms with van der Waals surface area (Å²) in [5.74, 6) is 1.47. The van der Waals surface area contributed by atoms with Crippen LogP contribution in [-0.2, 0) is 6.54 Å². The third kappa shape index (κ3) is 4.40. The highest BCUT2D eigenvalue weighted by Crippen LogP contribution is 2.27. The van der Waals surface area contributed by atoms with Crippen LogP contribution in [0.3, 0.4) is 0 Å². The third-order valence-corrected chi connectivity index (χ3v) is 3.61. The van der Waals surface area contributed by atoms with Gasteiger partial charge in [-0.1, -0.05) is 13.0 Å². The van der Waals surface area contributed by atoms with Crippen LogP contribution in [0.4, 0.5) is 0 Å². The first-order valence-corrected chi connectivity index (χ1v) is 6.65. The summed E-state index contributed by atoms with van der Waals surface area (Å²) in [5, 5.41) is 12.6. The summed E-state index contributed by atoms with van der Waals surface area (Å²) in [6, 6.07) is 5.90. The lowest BCUT2D eigenvalue weighted by Crippen LogP contribution is -2.42. The van der Waals surface area contributed by atoms with Gasteiger partial charge in [-0.2, -0.15) is 0 Å². The first-order chi connectivity index (χ1) is 9.08. The molecule has 1 aromatic rings. The molecule has 2 N–H and O–H groups in total. The molecule has 0 radical (unpaired) electrons. The van der Waals surface area contributed by atoms with E-state index in [4.69, 9.17) is 14.6 Å². The fourth-order valence-electron chi connectivity index (χ4n) is 1.94. The molecule has 0 aliphatic rings. The van der Waals surface area contributed by atoms with E-state index in [2.05, 4.69) is 19.2 Å². The summed E-state index contributed by atoms with van der Waals surface area (Å²) in [6.07, 6.45) is 1.72. The van der Waals surface area contributed by atoms with Crippen LogP contribution in [0.5, 0.6) is 11.5 Å². The van der Waals surface area contributed by atoms with E-state index >= 15 is 0 Å². The molecule has 0 aliphatic carbocycles. The molecule has 0 bridgehead atoms. The van der Waals surface area contributed by atoms with Crippen molar-refractivity contribution in [2.75, 3.05) is 20.8 Å². The molecule has 1 rings (SSSR count). The van der Waals surface area contributed by atoms with Gasteiger partial charge in [-0.05, 0) is 37.5 Å². The second-order valence-corrected chi connectivity index (χ2v) is 4.93. The van der Waals surface area contributed by atoms with E-state index in [1.807, 2.05) is 18.2 Å². The molecule has 4 heteroatoms. The standard InChI is InChI=1S/C15H25NO3/c1-5-15(2,8-9-17)16-11-12-6-7-13(18-3)14(10-12)19-4/h6-7,10,16-17H,5,8-9,11H2,1-4H3. The van der Waals surface area contributed by atoms with E-state index in [1.165, 1.54) is 0 Å². The van der Waals surface area contributed by atoms with Gasteiger partial charge in [0.05, 0.1) is 14.2 Å². The van der Waals surface area contributed by atoms with Crippen molar-refractivity contribution in [3.05, 3.63) is 23.8 Å². The van der Waals surface area contributed by atoms with E-state index in [-0.39, 0.29) is 12.1 Å². The Hall–Kier alpha value is -1.26. The molecule has 0 saturated heterocycles. The minimum Gasteiger partial charge on any atom is -0.493 e. The molecule has 4 nitrogen and oxygen atoms in total. The molecule has 0 aliphatic heterocycles. The zero-order chi connectivity index (χ0) is 14.3. The fourth-order valence-corrected chi connectivity index (χ4v) is 1.94. The van der Waals surface area contributed by atoms with Crippen LogP contribution in [0.25, 0.3) is 0 Å². The lowest BCUT2D eigenvalue weighted by molar-refractivity contribution is 0.214. The maximum absolute atomic E-state index is 9.10.